The average Bonchev–Trinajstić information content (AvgIpc) is 2.75. The van der Waals surface area contributed by atoms with Gasteiger partial charge in [0.25, 0.3) is 0 Å². The van der Waals surface area contributed by atoms with Gasteiger partial charge in [-0.3, -0.25) is 9.59 Å². The van der Waals surface area contributed by atoms with E-state index in [1.54, 1.807) is 18.7 Å². The summed E-state index contributed by atoms with van der Waals surface area (Å²) in [6.07, 6.45) is 3.43. The number of carbonyl (C=O) groups is 3. The van der Waals surface area contributed by atoms with Crippen molar-refractivity contribution in [1.29, 1.82) is 0 Å². The maximum atomic E-state index is 13.0. The van der Waals surface area contributed by atoms with Crippen LogP contribution in [-0.4, -0.2) is 54.5 Å². The van der Waals surface area contributed by atoms with Crippen LogP contribution in [-0.2, 0) is 25.5 Å². The summed E-state index contributed by atoms with van der Waals surface area (Å²) in [5.74, 6) is -0.599. The van der Waals surface area contributed by atoms with E-state index >= 15 is 0 Å². The van der Waals surface area contributed by atoms with Crippen LogP contribution in [0.3, 0.4) is 0 Å². The Hall–Kier alpha value is -1.77. The standard InChI is InChI=1S/C22H35N3O4S.ClH/c1-5-15(3)19(23)21(27)25-18(14-16-10-8-7-9-11-16)20(26)24-17(12-13-30-4)22(28)29-6-2;/h7-11,15,17-19H,5-6,12-14,23H2,1-4H3,(H,24,26)(H,25,27);1H. The molecule has 0 aromatic heterocycles. The fourth-order valence-corrected chi connectivity index (χ4v) is 3.31. The Morgan fingerprint density at radius 2 is 1.68 bits per heavy atom. The first-order chi connectivity index (χ1) is 14.3. The molecular formula is C22H36ClN3O4S. The van der Waals surface area contributed by atoms with Gasteiger partial charge in [-0.05, 0) is 36.8 Å². The summed E-state index contributed by atoms with van der Waals surface area (Å²) in [5.41, 5.74) is 6.94. The van der Waals surface area contributed by atoms with Crippen molar-refractivity contribution in [3.8, 4) is 0 Å². The van der Waals surface area contributed by atoms with E-state index < -0.39 is 30.0 Å². The van der Waals surface area contributed by atoms with Crippen molar-refractivity contribution in [1.82, 2.24) is 10.6 Å². The zero-order valence-corrected chi connectivity index (χ0v) is 20.4. The Morgan fingerprint density at radius 1 is 1.06 bits per heavy atom. The molecule has 0 bridgehead atoms. The lowest BCUT2D eigenvalue weighted by Gasteiger charge is -2.25. The molecule has 0 spiro atoms. The predicted molar refractivity (Wildman–Crippen MR) is 128 cm³/mol. The molecule has 1 rings (SSSR count). The number of amides is 2. The van der Waals surface area contributed by atoms with Gasteiger partial charge >= 0.3 is 5.97 Å². The monoisotopic (exact) mass is 473 g/mol. The Kier molecular flexibility index (Phi) is 15.0. The smallest absolute Gasteiger partial charge is 0.328 e. The number of esters is 1. The van der Waals surface area contributed by atoms with E-state index in [1.807, 2.05) is 50.4 Å². The Morgan fingerprint density at radius 3 is 2.23 bits per heavy atom. The molecule has 0 saturated carbocycles. The minimum atomic E-state index is -0.846. The molecule has 1 aromatic carbocycles. The van der Waals surface area contributed by atoms with Gasteiger partial charge in [-0.1, -0.05) is 50.6 Å². The molecule has 176 valence electrons. The minimum absolute atomic E-state index is 0. The lowest BCUT2D eigenvalue weighted by atomic mass is 9.98. The largest absolute Gasteiger partial charge is 0.464 e. The van der Waals surface area contributed by atoms with Crippen molar-refractivity contribution in [2.75, 3.05) is 18.6 Å². The van der Waals surface area contributed by atoms with Gasteiger partial charge < -0.3 is 21.1 Å². The number of nitrogens with two attached hydrogens (primary N) is 1. The Bertz CT molecular complexity index is 678. The number of hydrogen-bond acceptors (Lipinski definition) is 6. The SMILES string of the molecule is CCOC(=O)C(CCSC)NC(=O)C(Cc1ccccc1)NC(=O)C(N)C(C)CC.Cl. The lowest BCUT2D eigenvalue weighted by Crippen LogP contribution is -2.56. The molecule has 0 aliphatic rings. The molecule has 0 heterocycles. The third-order valence-electron chi connectivity index (χ3n) is 4.97. The maximum absolute atomic E-state index is 13.0. The van der Waals surface area contributed by atoms with Crippen LogP contribution in [0.15, 0.2) is 30.3 Å². The van der Waals surface area contributed by atoms with Gasteiger partial charge in [0, 0.05) is 6.42 Å². The molecule has 4 atom stereocenters. The highest BCUT2D eigenvalue weighted by Gasteiger charge is 2.29. The molecule has 1 aromatic rings. The summed E-state index contributed by atoms with van der Waals surface area (Å²) in [6, 6.07) is 7.08. The van der Waals surface area contributed by atoms with Crippen molar-refractivity contribution < 1.29 is 19.1 Å². The highest BCUT2D eigenvalue weighted by molar-refractivity contribution is 7.98. The van der Waals surface area contributed by atoms with Gasteiger partial charge in [0.1, 0.15) is 12.1 Å². The molecule has 0 radical (unpaired) electrons. The van der Waals surface area contributed by atoms with Gasteiger partial charge in [0.05, 0.1) is 12.6 Å². The molecule has 4 unspecified atom stereocenters. The molecule has 0 saturated heterocycles. The van der Waals surface area contributed by atoms with E-state index in [4.69, 9.17) is 10.5 Å². The van der Waals surface area contributed by atoms with Crippen LogP contribution >= 0.6 is 24.2 Å². The van der Waals surface area contributed by atoms with Crippen LogP contribution < -0.4 is 16.4 Å². The second-order valence-corrected chi connectivity index (χ2v) is 8.24. The van der Waals surface area contributed by atoms with Crippen LogP contribution in [0.5, 0.6) is 0 Å². The number of ether oxygens (including phenoxy) is 1. The van der Waals surface area contributed by atoms with Crippen LogP contribution in [0, 0.1) is 5.92 Å². The summed E-state index contributed by atoms with van der Waals surface area (Å²) < 4.78 is 5.10. The first-order valence-electron chi connectivity index (χ1n) is 10.4. The molecule has 31 heavy (non-hydrogen) atoms. The first kappa shape index (κ1) is 29.2. The van der Waals surface area contributed by atoms with Crippen LogP contribution in [0.4, 0.5) is 0 Å². The summed E-state index contributed by atoms with van der Waals surface area (Å²) >= 11 is 1.58. The van der Waals surface area contributed by atoms with Gasteiger partial charge in [-0.25, -0.2) is 4.79 Å². The number of halogens is 1. The number of carbonyl (C=O) groups excluding carboxylic acids is 3. The van der Waals surface area contributed by atoms with E-state index in [-0.39, 0.29) is 30.8 Å². The molecule has 9 heteroatoms. The van der Waals surface area contributed by atoms with Gasteiger partial charge in [0.2, 0.25) is 11.8 Å². The molecule has 0 aliphatic heterocycles. The Labute approximate surface area is 196 Å². The van der Waals surface area contributed by atoms with Crippen LogP contribution in [0.25, 0.3) is 0 Å². The fraction of sp³-hybridized carbons (Fsp3) is 0.591. The van der Waals surface area contributed by atoms with Crippen molar-refractivity contribution >= 4 is 42.0 Å². The van der Waals surface area contributed by atoms with Crippen LogP contribution in [0.2, 0.25) is 0 Å². The van der Waals surface area contributed by atoms with Gasteiger partial charge in [-0.2, -0.15) is 11.8 Å². The maximum Gasteiger partial charge on any atom is 0.328 e. The number of thioether (sulfide) groups is 1. The summed E-state index contributed by atoms with van der Waals surface area (Å²) in [6.45, 7) is 5.82. The number of hydrogen-bond donors (Lipinski definition) is 3. The third-order valence-corrected chi connectivity index (χ3v) is 5.62. The molecule has 0 fully saturated rings. The quantitative estimate of drug-likeness (QED) is 0.379. The van der Waals surface area contributed by atoms with E-state index in [9.17, 15) is 14.4 Å². The van der Waals surface area contributed by atoms with E-state index in [2.05, 4.69) is 10.6 Å². The van der Waals surface area contributed by atoms with Crippen molar-refractivity contribution in [3.63, 3.8) is 0 Å². The number of benzene rings is 1. The molecule has 4 N–H and O–H groups in total. The summed E-state index contributed by atoms with van der Waals surface area (Å²) in [4.78, 5) is 37.9. The van der Waals surface area contributed by atoms with Crippen molar-refractivity contribution in [2.45, 2.75) is 58.2 Å². The van der Waals surface area contributed by atoms with Crippen molar-refractivity contribution in [2.24, 2.45) is 11.7 Å². The van der Waals surface area contributed by atoms with Crippen LogP contribution in [0.1, 0.15) is 39.2 Å². The molecule has 7 nitrogen and oxygen atoms in total. The first-order valence-corrected chi connectivity index (χ1v) is 11.8. The van der Waals surface area contributed by atoms with Gasteiger partial charge in [-0.15, -0.1) is 12.4 Å². The topological polar surface area (TPSA) is 111 Å². The minimum Gasteiger partial charge on any atom is -0.464 e. The highest BCUT2D eigenvalue weighted by atomic mass is 35.5. The summed E-state index contributed by atoms with van der Waals surface area (Å²) in [5, 5.41) is 5.54. The predicted octanol–water partition coefficient (Wildman–Crippen LogP) is 2.31. The van der Waals surface area contributed by atoms with E-state index in [0.717, 1.165) is 12.0 Å². The zero-order valence-electron chi connectivity index (χ0n) is 18.8. The highest BCUT2D eigenvalue weighted by Crippen LogP contribution is 2.09. The van der Waals surface area contributed by atoms with E-state index in [1.165, 1.54) is 0 Å². The second-order valence-electron chi connectivity index (χ2n) is 7.26. The van der Waals surface area contributed by atoms with E-state index in [0.29, 0.717) is 18.6 Å². The molecule has 2 amide bonds. The fourth-order valence-electron chi connectivity index (χ4n) is 2.84. The van der Waals surface area contributed by atoms with Crippen molar-refractivity contribution in [3.05, 3.63) is 35.9 Å². The lowest BCUT2D eigenvalue weighted by molar-refractivity contribution is -0.147. The van der Waals surface area contributed by atoms with Gasteiger partial charge in [0.15, 0.2) is 0 Å². The number of rotatable bonds is 13. The normalized spacial score (nSPS) is 14.4. The third kappa shape index (κ3) is 10.4. The number of nitrogens with one attached hydrogen (secondary N) is 2. The zero-order chi connectivity index (χ0) is 22.5. The Balaban J connectivity index is 0.00000900. The average molecular weight is 474 g/mol. The molecule has 0 aliphatic carbocycles. The molecular weight excluding hydrogens is 438 g/mol. The second kappa shape index (κ2) is 15.9. The summed E-state index contributed by atoms with van der Waals surface area (Å²) in [7, 11) is 0.